The van der Waals surface area contributed by atoms with Crippen LogP contribution < -0.4 is 5.76 Å². The average molecular weight is 248 g/mol. The van der Waals surface area contributed by atoms with Crippen LogP contribution in [0.3, 0.4) is 0 Å². The molecular weight excluding hydrogens is 240 g/mol. The fraction of sp³-hybridized carbons (Fsp3) is 0.200. The van der Waals surface area contributed by atoms with Gasteiger partial charge in [-0.05, 0) is 12.1 Å². The van der Waals surface area contributed by atoms with Gasteiger partial charge in [-0.25, -0.2) is 4.79 Å². The molecule has 0 aliphatic rings. The lowest BCUT2D eigenvalue weighted by atomic mass is 10.5. The highest BCUT2D eigenvalue weighted by atomic mass is 16.5. The van der Waals surface area contributed by atoms with Gasteiger partial charge < -0.3 is 13.4 Å². The van der Waals surface area contributed by atoms with Gasteiger partial charge in [-0.2, -0.15) is 9.67 Å². The maximum absolute atomic E-state index is 11.6. The first-order chi connectivity index (χ1) is 8.72. The Labute approximate surface area is 99.8 Å². The summed E-state index contributed by atoms with van der Waals surface area (Å²) < 4.78 is 15.9. The van der Waals surface area contributed by atoms with Gasteiger partial charge in [0, 0.05) is 6.92 Å². The molecule has 3 aromatic heterocycles. The molecule has 92 valence electrons. The lowest BCUT2D eigenvalue weighted by molar-refractivity contribution is 0.383. The summed E-state index contributed by atoms with van der Waals surface area (Å²) in [5.74, 6) is 0.672. The van der Waals surface area contributed by atoms with Crippen LogP contribution in [-0.2, 0) is 6.54 Å². The van der Waals surface area contributed by atoms with Crippen LogP contribution in [0.15, 0.2) is 36.5 Å². The highest BCUT2D eigenvalue weighted by Gasteiger charge is 2.14. The molecule has 0 fully saturated rings. The Morgan fingerprint density at radius 1 is 1.44 bits per heavy atom. The second kappa shape index (κ2) is 3.99. The first-order valence-electron chi connectivity index (χ1n) is 5.13. The van der Waals surface area contributed by atoms with Crippen molar-refractivity contribution in [3.8, 4) is 11.7 Å². The lowest BCUT2D eigenvalue weighted by Crippen LogP contribution is -2.17. The van der Waals surface area contributed by atoms with Gasteiger partial charge in [0.25, 0.3) is 5.89 Å². The number of aromatic nitrogens is 4. The van der Waals surface area contributed by atoms with Crippen molar-refractivity contribution >= 4 is 0 Å². The van der Waals surface area contributed by atoms with Crippen molar-refractivity contribution < 1.29 is 13.4 Å². The molecule has 0 bridgehead atoms. The number of nitrogens with zero attached hydrogens (tertiary/aromatic N) is 4. The maximum atomic E-state index is 11.6. The normalized spacial score (nSPS) is 10.9. The van der Waals surface area contributed by atoms with Crippen molar-refractivity contribution in [2.45, 2.75) is 13.5 Å². The van der Waals surface area contributed by atoms with Crippen molar-refractivity contribution in [3.05, 3.63) is 40.7 Å². The number of rotatable bonds is 3. The van der Waals surface area contributed by atoms with E-state index in [2.05, 4.69) is 15.2 Å². The smallest absolute Gasteiger partial charge is 0.437 e. The van der Waals surface area contributed by atoms with Crippen LogP contribution in [0.5, 0.6) is 0 Å². The third kappa shape index (κ3) is 1.83. The van der Waals surface area contributed by atoms with Crippen molar-refractivity contribution in [3.63, 3.8) is 0 Å². The van der Waals surface area contributed by atoms with Gasteiger partial charge in [-0.1, -0.05) is 5.16 Å². The van der Waals surface area contributed by atoms with E-state index in [1.54, 1.807) is 19.1 Å². The van der Waals surface area contributed by atoms with E-state index in [1.165, 1.54) is 6.26 Å². The second-order valence-electron chi connectivity index (χ2n) is 3.54. The molecule has 0 radical (unpaired) electrons. The van der Waals surface area contributed by atoms with Crippen LogP contribution in [0.1, 0.15) is 11.7 Å². The molecule has 0 spiro atoms. The zero-order valence-corrected chi connectivity index (χ0v) is 9.36. The molecule has 0 aromatic carbocycles. The first-order valence-corrected chi connectivity index (χ1v) is 5.13. The van der Waals surface area contributed by atoms with Crippen LogP contribution in [0.25, 0.3) is 11.7 Å². The van der Waals surface area contributed by atoms with E-state index < -0.39 is 5.76 Å². The summed E-state index contributed by atoms with van der Waals surface area (Å²) >= 11 is 0. The molecule has 3 rings (SSSR count). The summed E-state index contributed by atoms with van der Waals surface area (Å²) in [6.07, 6.45) is 1.47. The lowest BCUT2D eigenvalue weighted by Gasteiger charge is -1.90. The van der Waals surface area contributed by atoms with Crippen molar-refractivity contribution in [2.75, 3.05) is 0 Å². The quantitative estimate of drug-likeness (QED) is 0.676. The van der Waals surface area contributed by atoms with Crippen LogP contribution in [0.4, 0.5) is 0 Å². The Morgan fingerprint density at radius 3 is 3.00 bits per heavy atom. The molecule has 0 unspecified atom stereocenters. The van der Waals surface area contributed by atoms with E-state index >= 15 is 0 Å². The van der Waals surface area contributed by atoms with Crippen LogP contribution in [-0.4, -0.2) is 19.9 Å². The largest absolute Gasteiger partial charge is 0.459 e. The first kappa shape index (κ1) is 10.5. The standard InChI is InChI=1S/C10H8N4O4/c1-6-11-8(13-18-6)5-14-10(15)17-9(12-14)7-3-2-4-16-7/h2-4H,5H2,1H3. The van der Waals surface area contributed by atoms with E-state index in [0.717, 1.165) is 4.68 Å². The van der Waals surface area contributed by atoms with E-state index in [4.69, 9.17) is 13.4 Å². The van der Waals surface area contributed by atoms with Gasteiger partial charge in [0.15, 0.2) is 11.6 Å². The number of hydrogen-bond acceptors (Lipinski definition) is 7. The molecule has 0 N–H and O–H groups in total. The highest BCUT2D eigenvalue weighted by Crippen LogP contribution is 2.15. The Bertz CT molecular complexity index is 706. The molecule has 0 amide bonds. The zero-order chi connectivity index (χ0) is 12.5. The van der Waals surface area contributed by atoms with Gasteiger partial charge in [-0.3, -0.25) is 0 Å². The second-order valence-corrected chi connectivity index (χ2v) is 3.54. The van der Waals surface area contributed by atoms with E-state index in [-0.39, 0.29) is 12.4 Å². The third-order valence-electron chi connectivity index (χ3n) is 2.20. The van der Waals surface area contributed by atoms with Gasteiger partial charge in [0.2, 0.25) is 5.89 Å². The predicted octanol–water partition coefficient (Wildman–Crippen LogP) is 0.836. The Balaban J connectivity index is 1.92. The molecule has 0 saturated heterocycles. The number of furan rings is 1. The van der Waals surface area contributed by atoms with Gasteiger partial charge in [0.05, 0.1) is 6.26 Å². The summed E-state index contributed by atoms with van der Waals surface area (Å²) in [4.78, 5) is 15.5. The molecule has 0 aliphatic carbocycles. The average Bonchev–Trinajstić information content (AvgIpc) is 3.02. The van der Waals surface area contributed by atoms with E-state index in [0.29, 0.717) is 17.5 Å². The third-order valence-corrected chi connectivity index (χ3v) is 2.20. The molecule has 0 aliphatic heterocycles. The molecule has 8 nitrogen and oxygen atoms in total. The van der Waals surface area contributed by atoms with Crippen LogP contribution in [0.2, 0.25) is 0 Å². The maximum Gasteiger partial charge on any atom is 0.437 e. The molecule has 3 heterocycles. The summed E-state index contributed by atoms with van der Waals surface area (Å²) in [6.45, 7) is 1.75. The minimum absolute atomic E-state index is 0.0837. The number of hydrogen-bond donors (Lipinski definition) is 0. The monoisotopic (exact) mass is 248 g/mol. The van der Waals surface area contributed by atoms with Crippen molar-refractivity contribution in [1.29, 1.82) is 0 Å². The predicted molar refractivity (Wildman–Crippen MR) is 56.6 cm³/mol. The minimum Gasteiger partial charge on any atom is -0.459 e. The Morgan fingerprint density at radius 2 is 2.33 bits per heavy atom. The SMILES string of the molecule is Cc1nc(Cn2nc(-c3ccco3)oc2=O)no1. The molecule has 0 saturated carbocycles. The Kier molecular flexibility index (Phi) is 2.33. The van der Waals surface area contributed by atoms with Crippen LogP contribution in [0, 0.1) is 6.92 Å². The fourth-order valence-electron chi connectivity index (χ4n) is 1.45. The van der Waals surface area contributed by atoms with Gasteiger partial charge in [0.1, 0.15) is 6.54 Å². The molecule has 8 heteroatoms. The summed E-state index contributed by atoms with van der Waals surface area (Å²) in [7, 11) is 0. The summed E-state index contributed by atoms with van der Waals surface area (Å²) in [6, 6.07) is 3.32. The van der Waals surface area contributed by atoms with Crippen molar-refractivity contribution in [2.24, 2.45) is 0 Å². The molecular formula is C10H8N4O4. The highest BCUT2D eigenvalue weighted by molar-refractivity contribution is 5.42. The zero-order valence-electron chi connectivity index (χ0n) is 9.36. The van der Waals surface area contributed by atoms with E-state index in [1.807, 2.05) is 0 Å². The fourth-order valence-corrected chi connectivity index (χ4v) is 1.45. The minimum atomic E-state index is -0.608. The van der Waals surface area contributed by atoms with Crippen LogP contribution >= 0.6 is 0 Å². The Hall–Kier alpha value is -2.64. The van der Waals surface area contributed by atoms with Gasteiger partial charge >= 0.3 is 5.76 Å². The van der Waals surface area contributed by atoms with E-state index in [9.17, 15) is 4.79 Å². The summed E-state index contributed by atoms with van der Waals surface area (Å²) in [5, 5.41) is 7.65. The number of aryl methyl sites for hydroxylation is 1. The van der Waals surface area contributed by atoms with Gasteiger partial charge in [-0.15, -0.1) is 5.10 Å². The molecule has 0 atom stereocenters. The summed E-state index contributed by atoms with van der Waals surface area (Å²) in [5.41, 5.74) is 0. The molecule has 3 aromatic rings. The van der Waals surface area contributed by atoms with Crippen molar-refractivity contribution in [1.82, 2.24) is 19.9 Å². The molecule has 18 heavy (non-hydrogen) atoms. The topological polar surface area (TPSA) is 100 Å².